The molecule has 2 unspecified atom stereocenters. The van der Waals surface area contributed by atoms with Gasteiger partial charge < -0.3 is 14.6 Å². The van der Waals surface area contributed by atoms with Crippen molar-refractivity contribution in [3.05, 3.63) is 75.5 Å². The van der Waals surface area contributed by atoms with Crippen molar-refractivity contribution in [3.8, 4) is 5.75 Å². The minimum absolute atomic E-state index is 0.143. The van der Waals surface area contributed by atoms with Gasteiger partial charge in [-0.1, -0.05) is 35.9 Å². The first-order valence-corrected chi connectivity index (χ1v) is 9.26. The Morgan fingerprint density at radius 2 is 1.92 bits per heavy atom. The summed E-state index contributed by atoms with van der Waals surface area (Å²) >= 11 is 6.43. The van der Waals surface area contributed by atoms with Crippen LogP contribution in [0.3, 0.4) is 0 Å². The summed E-state index contributed by atoms with van der Waals surface area (Å²) < 4.78 is 11.4. The molecule has 2 atom stereocenters. The number of benzene rings is 2. The van der Waals surface area contributed by atoms with Crippen molar-refractivity contribution in [2.75, 3.05) is 7.11 Å². The number of aliphatic hydroxyl groups is 1. The van der Waals surface area contributed by atoms with E-state index in [9.17, 15) is 5.11 Å². The molecule has 1 fully saturated rings. The second-order valence-corrected chi connectivity index (χ2v) is 7.41. The normalized spacial score (nSPS) is 19.8. The average molecular weight is 373 g/mol. The molecule has 1 N–H and O–H groups in total. The summed E-state index contributed by atoms with van der Waals surface area (Å²) in [6.45, 7) is 4.03. The third kappa shape index (κ3) is 4.40. The number of methoxy groups -OCH3 is 1. The number of allylic oxidation sites excluding steroid dienone is 1. The molecule has 2 aromatic rings. The van der Waals surface area contributed by atoms with E-state index in [1.165, 1.54) is 5.56 Å². The van der Waals surface area contributed by atoms with Gasteiger partial charge in [-0.05, 0) is 60.7 Å². The van der Waals surface area contributed by atoms with Gasteiger partial charge in [0, 0.05) is 17.9 Å². The van der Waals surface area contributed by atoms with Crippen LogP contribution in [0.15, 0.2) is 53.8 Å². The first kappa shape index (κ1) is 18.8. The quantitative estimate of drug-likeness (QED) is 0.776. The SMILES string of the molecule is COc1ccc(Cc2cc(C3CC(O)CC(=C(C)C)O3)ccc2Cl)cc1. The van der Waals surface area contributed by atoms with E-state index in [4.69, 9.17) is 21.1 Å². The van der Waals surface area contributed by atoms with Gasteiger partial charge in [-0.25, -0.2) is 0 Å². The molecule has 4 heteroatoms. The van der Waals surface area contributed by atoms with Crippen LogP contribution in [-0.4, -0.2) is 18.3 Å². The van der Waals surface area contributed by atoms with Crippen molar-refractivity contribution in [3.63, 3.8) is 0 Å². The lowest BCUT2D eigenvalue weighted by Gasteiger charge is -2.31. The summed E-state index contributed by atoms with van der Waals surface area (Å²) in [5.41, 5.74) is 4.38. The fourth-order valence-corrected chi connectivity index (χ4v) is 3.42. The Hall–Kier alpha value is -1.97. The van der Waals surface area contributed by atoms with Gasteiger partial charge in [0.15, 0.2) is 0 Å². The third-order valence-corrected chi connectivity index (χ3v) is 5.11. The van der Waals surface area contributed by atoms with Crippen molar-refractivity contribution in [2.24, 2.45) is 0 Å². The number of aliphatic hydroxyl groups excluding tert-OH is 1. The van der Waals surface area contributed by atoms with Gasteiger partial charge in [0.05, 0.1) is 19.0 Å². The zero-order chi connectivity index (χ0) is 18.7. The Balaban J connectivity index is 1.83. The molecule has 0 aromatic heterocycles. The fourth-order valence-electron chi connectivity index (χ4n) is 3.23. The van der Waals surface area contributed by atoms with Gasteiger partial charge in [0.2, 0.25) is 0 Å². The lowest BCUT2D eigenvalue weighted by molar-refractivity contribution is -0.00153. The Morgan fingerprint density at radius 3 is 2.58 bits per heavy atom. The average Bonchev–Trinajstić information content (AvgIpc) is 2.63. The van der Waals surface area contributed by atoms with E-state index in [0.29, 0.717) is 12.8 Å². The summed E-state index contributed by atoms with van der Waals surface area (Å²) in [6.07, 6.45) is 1.40. The largest absolute Gasteiger partial charge is 0.497 e. The van der Waals surface area contributed by atoms with E-state index < -0.39 is 0 Å². The smallest absolute Gasteiger partial charge is 0.126 e. The van der Waals surface area contributed by atoms with E-state index in [-0.39, 0.29) is 12.2 Å². The van der Waals surface area contributed by atoms with Crippen LogP contribution >= 0.6 is 11.6 Å². The van der Waals surface area contributed by atoms with Gasteiger partial charge in [0.1, 0.15) is 11.9 Å². The molecule has 26 heavy (non-hydrogen) atoms. The van der Waals surface area contributed by atoms with Gasteiger partial charge >= 0.3 is 0 Å². The van der Waals surface area contributed by atoms with Crippen molar-refractivity contribution < 1.29 is 14.6 Å². The predicted octanol–water partition coefficient (Wildman–Crippen LogP) is 5.45. The van der Waals surface area contributed by atoms with E-state index in [1.807, 2.05) is 50.2 Å². The van der Waals surface area contributed by atoms with E-state index in [1.54, 1.807) is 7.11 Å². The molecule has 138 valence electrons. The molecule has 2 aromatic carbocycles. The molecule has 0 bridgehead atoms. The van der Waals surface area contributed by atoms with Gasteiger partial charge in [-0.2, -0.15) is 0 Å². The maximum Gasteiger partial charge on any atom is 0.126 e. The summed E-state index contributed by atoms with van der Waals surface area (Å²) in [6, 6.07) is 14.0. The second kappa shape index (κ2) is 8.15. The van der Waals surface area contributed by atoms with Crippen LogP contribution < -0.4 is 4.74 Å². The molecule has 0 radical (unpaired) electrons. The first-order valence-electron chi connectivity index (χ1n) is 8.88. The molecule has 1 aliphatic heterocycles. The number of rotatable bonds is 4. The second-order valence-electron chi connectivity index (χ2n) is 7.00. The number of ether oxygens (including phenoxy) is 2. The van der Waals surface area contributed by atoms with Crippen molar-refractivity contribution >= 4 is 11.6 Å². The van der Waals surface area contributed by atoms with Crippen molar-refractivity contribution in [1.82, 2.24) is 0 Å². The van der Waals surface area contributed by atoms with Crippen molar-refractivity contribution in [1.29, 1.82) is 0 Å². The number of hydrogen-bond acceptors (Lipinski definition) is 3. The Kier molecular flexibility index (Phi) is 5.90. The highest BCUT2D eigenvalue weighted by atomic mass is 35.5. The molecule has 1 aliphatic rings. The zero-order valence-electron chi connectivity index (χ0n) is 15.5. The summed E-state index contributed by atoms with van der Waals surface area (Å²) in [5, 5.41) is 11.0. The lowest BCUT2D eigenvalue weighted by atomic mass is 9.94. The molecule has 1 heterocycles. The van der Waals surface area contributed by atoms with Crippen LogP contribution in [0.5, 0.6) is 5.75 Å². The summed E-state index contributed by atoms with van der Waals surface area (Å²) in [4.78, 5) is 0. The monoisotopic (exact) mass is 372 g/mol. The molecule has 3 rings (SSSR count). The lowest BCUT2D eigenvalue weighted by Crippen LogP contribution is -2.23. The summed E-state index contributed by atoms with van der Waals surface area (Å²) in [7, 11) is 1.66. The molecule has 0 aliphatic carbocycles. The maximum atomic E-state index is 10.2. The Morgan fingerprint density at radius 1 is 1.19 bits per heavy atom. The van der Waals surface area contributed by atoms with Gasteiger partial charge in [-0.15, -0.1) is 0 Å². The maximum absolute atomic E-state index is 10.2. The number of hydrogen-bond donors (Lipinski definition) is 1. The highest BCUT2D eigenvalue weighted by Crippen LogP contribution is 2.36. The fraction of sp³-hybridized carbons (Fsp3) is 0.364. The van der Waals surface area contributed by atoms with Crippen LogP contribution in [0.4, 0.5) is 0 Å². The van der Waals surface area contributed by atoms with Crippen LogP contribution in [0.1, 0.15) is 49.5 Å². The summed E-state index contributed by atoms with van der Waals surface area (Å²) in [5.74, 6) is 1.73. The van der Waals surface area contributed by atoms with E-state index in [0.717, 1.165) is 39.7 Å². The molecule has 0 amide bonds. The molecular weight excluding hydrogens is 348 g/mol. The van der Waals surface area contributed by atoms with Crippen LogP contribution in [0, 0.1) is 0 Å². The molecule has 0 spiro atoms. The van der Waals surface area contributed by atoms with Crippen LogP contribution in [0.25, 0.3) is 0 Å². The minimum atomic E-state index is -0.376. The predicted molar refractivity (Wildman–Crippen MR) is 105 cm³/mol. The molecule has 0 saturated carbocycles. The molecular formula is C22H25ClO3. The molecule has 1 saturated heterocycles. The molecule has 3 nitrogen and oxygen atoms in total. The van der Waals surface area contributed by atoms with Crippen LogP contribution in [0.2, 0.25) is 5.02 Å². The first-order chi connectivity index (χ1) is 12.5. The topological polar surface area (TPSA) is 38.7 Å². The van der Waals surface area contributed by atoms with E-state index in [2.05, 4.69) is 6.07 Å². The Bertz CT molecular complexity index is 792. The zero-order valence-corrected chi connectivity index (χ0v) is 16.2. The van der Waals surface area contributed by atoms with Crippen LogP contribution in [-0.2, 0) is 11.2 Å². The van der Waals surface area contributed by atoms with Gasteiger partial charge in [0.25, 0.3) is 0 Å². The van der Waals surface area contributed by atoms with Crippen molar-refractivity contribution in [2.45, 2.75) is 45.3 Å². The highest BCUT2D eigenvalue weighted by Gasteiger charge is 2.27. The van der Waals surface area contributed by atoms with Gasteiger partial charge in [-0.3, -0.25) is 0 Å². The number of halogens is 1. The Labute approximate surface area is 160 Å². The third-order valence-electron chi connectivity index (χ3n) is 4.74. The van der Waals surface area contributed by atoms with E-state index >= 15 is 0 Å². The standard InChI is InChI=1S/C22H25ClO3/c1-14(2)21-12-18(24)13-22(26-21)16-6-9-20(23)17(11-16)10-15-4-7-19(25-3)8-5-15/h4-9,11,18,22,24H,10,12-13H2,1-3H3. The highest BCUT2D eigenvalue weighted by molar-refractivity contribution is 6.31. The minimum Gasteiger partial charge on any atom is -0.497 e.